The Kier molecular flexibility index (Phi) is 4.27. The molecule has 1 amide bonds. The molecule has 0 radical (unpaired) electrons. The van der Waals surface area contributed by atoms with Crippen LogP contribution < -0.4 is 0 Å². The van der Waals surface area contributed by atoms with Crippen molar-refractivity contribution >= 4 is 22.0 Å². The van der Waals surface area contributed by atoms with E-state index in [1.807, 2.05) is 25.7 Å². The van der Waals surface area contributed by atoms with Crippen LogP contribution in [0.25, 0.3) is 0 Å². The Hall–Kier alpha value is -0.250. The maximum Gasteiger partial charge on any atom is 0.410 e. The second-order valence-corrected chi connectivity index (χ2v) is 6.47. The van der Waals surface area contributed by atoms with E-state index in [1.54, 1.807) is 0 Å². The Balaban J connectivity index is 2.45. The highest BCUT2D eigenvalue weighted by atomic mass is 79.9. The molecule has 16 heavy (non-hydrogen) atoms. The van der Waals surface area contributed by atoms with Crippen LogP contribution in [-0.2, 0) is 4.74 Å². The van der Waals surface area contributed by atoms with Crippen molar-refractivity contribution in [3.63, 3.8) is 0 Å². The van der Waals surface area contributed by atoms with Crippen LogP contribution in [0.2, 0.25) is 0 Å². The molecule has 1 aliphatic heterocycles. The van der Waals surface area contributed by atoms with Crippen molar-refractivity contribution in [2.45, 2.75) is 46.1 Å². The molecule has 1 aliphatic rings. The number of alkyl halides is 1. The highest BCUT2D eigenvalue weighted by Crippen LogP contribution is 2.32. The summed E-state index contributed by atoms with van der Waals surface area (Å²) in [6.45, 7) is 9.56. The fourth-order valence-electron chi connectivity index (χ4n) is 1.69. The molecule has 0 aromatic heterocycles. The number of hydrogen-bond acceptors (Lipinski definition) is 2. The minimum absolute atomic E-state index is 0.177. The molecule has 0 bridgehead atoms. The van der Waals surface area contributed by atoms with Crippen molar-refractivity contribution in [2.24, 2.45) is 5.41 Å². The van der Waals surface area contributed by atoms with Crippen LogP contribution in [0, 0.1) is 5.41 Å². The summed E-state index contributed by atoms with van der Waals surface area (Å²) in [6.07, 6.45) is 1.90. The van der Waals surface area contributed by atoms with Gasteiger partial charge in [0.2, 0.25) is 0 Å². The van der Waals surface area contributed by atoms with Crippen molar-refractivity contribution in [2.75, 3.05) is 18.4 Å². The minimum atomic E-state index is -0.396. The van der Waals surface area contributed by atoms with Crippen LogP contribution in [0.4, 0.5) is 4.79 Å². The largest absolute Gasteiger partial charge is 0.444 e. The summed E-state index contributed by atoms with van der Waals surface area (Å²) in [6, 6.07) is 0. The van der Waals surface area contributed by atoms with E-state index < -0.39 is 5.60 Å². The van der Waals surface area contributed by atoms with E-state index >= 15 is 0 Å². The summed E-state index contributed by atoms with van der Waals surface area (Å²) in [5, 5.41) is 1.00. The molecule has 1 heterocycles. The quantitative estimate of drug-likeness (QED) is 0.693. The fraction of sp³-hybridized carbons (Fsp3) is 0.917. The molecule has 94 valence electrons. The number of halogens is 1. The molecule has 4 heteroatoms. The Morgan fingerprint density at radius 3 is 2.25 bits per heavy atom. The van der Waals surface area contributed by atoms with Crippen molar-refractivity contribution in [3.8, 4) is 0 Å². The van der Waals surface area contributed by atoms with Gasteiger partial charge in [0.1, 0.15) is 5.60 Å². The number of hydrogen-bond donors (Lipinski definition) is 0. The van der Waals surface area contributed by atoms with E-state index in [0.29, 0.717) is 5.41 Å². The third-order valence-electron chi connectivity index (χ3n) is 2.94. The molecule has 0 atom stereocenters. The van der Waals surface area contributed by atoms with E-state index in [2.05, 4.69) is 22.9 Å². The minimum Gasteiger partial charge on any atom is -0.444 e. The molecule has 1 rings (SSSR count). The van der Waals surface area contributed by atoms with Gasteiger partial charge in [0.05, 0.1) is 0 Å². The van der Waals surface area contributed by atoms with Crippen LogP contribution in [0.5, 0.6) is 0 Å². The lowest BCUT2D eigenvalue weighted by molar-refractivity contribution is 0.0140. The zero-order valence-corrected chi connectivity index (χ0v) is 12.3. The standard InChI is InChI=1S/C12H22BrNO2/c1-11(2,3)16-10(15)14-7-5-12(4,9-13)6-8-14/h5-9H2,1-4H3. The SMILES string of the molecule is CC1(CBr)CCN(C(=O)OC(C)(C)C)CC1. The zero-order chi connectivity index (χ0) is 12.4. The number of piperidine rings is 1. The first kappa shape index (κ1) is 13.8. The Labute approximate surface area is 107 Å². The van der Waals surface area contributed by atoms with Crippen LogP contribution in [0.1, 0.15) is 40.5 Å². The number of ether oxygens (including phenoxy) is 1. The number of amides is 1. The predicted octanol–water partition coefficient (Wildman–Crippen LogP) is 3.42. The summed E-state index contributed by atoms with van der Waals surface area (Å²) in [4.78, 5) is 13.6. The topological polar surface area (TPSA) is 29.5 Å². The highest BCUT2D eigenvalue weighted by Gasteiger charge is 2.32. The highest BCUT2D eigenvalue weighted by molar-refractivity contribution is 9.09. The van der Waals surface area contributed by atoms with E-state index in [4.69, 9.17) is 4.74 Å². The van der Waals surface area contributed by atoms with Gasteiger partial charge in [0.15, 0.2) is 0 Å². The van der Waals surface area contributed by atoms with Crippen LogP contribution in [0.15, 0.2) is 0 Å². The summed E-state index contributed by atoms with van der Waals surface area (Å²) < 4.78 is 5.35. The Bertz CT molecular complexity index is 252. The molecule has 3 nitrogen and oxygen atoms in total. The number of likely N-dealkylation sites (tertiary alicyclic amines) is 1. The molecule has 0 saturated carbocycles. The van der Waals surface area contributed by atoms with Crippen LogP contribution in [0.3, 0.4) is 0 Å². The van der Waals surface area contributed by atoms with Gasteiger partial charge in [-0.15, -0.1) is 0 Å². The van der Waals surface area contributed by atoms with E-state index in [0.717, 1.165) is 31.3 Å². The first-order chi connectivity index (χ1) is 7.26. The molecular weight excluding hydrogens is 270 g/mol. The monoisotopic (exact) mass is 291 g/mol. The van der Waals surface area contributed by atoms with Gasteiger partial charge >= 0.3 is 6.09 Å². The first-order valence-electron chi connectivity index (χ1n) is 5.80. The second kappa shape index (κ2) is 4.94. The Morgan fingerprint density at radius 2 is 1.88 bits per heavy atom. The van der Waals surface area contributed by atoms with Gasteiger partial charge in [-0.05, 0) is 39.0 Å². The predicted molar refractivity (Wildman–Crippen MR) is 68.9 cm³/mol. The number of nitrogens with zero attached hydrogens (tertiary/aromatic N) is 1. The summed E-state index contributed by atoms with van der Waals surface area (Å²) in [5.41, 5.74) is -0.0637. The lowest BCUT2D eigenvalue weighted by atomic mass is 9.83. The zero-order valence-electron chi connectivity index (χ0n) is 10.7. The van der Waals surface area contributed by atoms with Gasteiger partial charge in [0, 0.05) is 18.4 Å². The van der Waals surface area contributed by atoms with Gasteiger partial charge < -0.3 is 9.64 Å². The maximum absolute atomic E-state index is 11.8. The summed E-state index contributed by atoms with van der Waals surface area (Å²) in [7, 11) is 0. The number of carbonyl (C=O) groups is 1. The molecule has 1 fully saturated rings. The number of carbonyl (C=O) groups excluding carboxylic acids is 1. The van der Waals surface area contributed by atoms with Gasteiger partial charge in [-0.2, -0.15) is 0 Å². The van der Waals surface area contributed by atoms with Crippen LogP contribution >= 0.6 is 15.9 Å². The molecule has 0 unspecified atom stereocenters. The second-order valence-electron chi connectivity index (χ2n) is 5.91. The number of rotatable bonds is 1. The smallest absolute Gasteiger partial charge is 0.410 e. The normalized spacial score (nSPS) is 20.7. The molecular formula is C12H22BrNO2. The maximum atomic E-state index is 11.8. The Morgan fingerprint density at radius 1 is 1.38 bits per heavy atom. The van der Waals surface area contributed by atoms with E-state index in [1.165, 1.54) is 0 Å². The average molecular weight is 292 g/mol. The van der Waals surface area contributed by atoms with Crippen molar-refractivity contribution in [3.05, 3.63) is 0 Å². The molecule has 0 N–H and O–H groups in total. The van der Waals surface area contributed by atoms with Crippen molar-refractivity contribution in [1.82, 2.24) is 4.90 Å². The summed E-state index contributed by atoms with van der Waals surface area (Å²) >= 11 is 3.54. The van der Waals surface area contributed by atoms with Crippen molar-refractivity contribution < 1.29 is 9.53 Å². The summed E-state index contributed by atoms with van der Waals surface area (Å²) in [5.74, 6) is 0. The van der Waals surface area contributed by atoms with E-state index in [-0.39, 0.29) is 6.09 Å². The molecule has 1 saturated heterocycles. The van der Waals surface area contributed by atoms with E-state index in [9.17, 15) is 4.79 Å². The van der Waals surface area contributed by atoms with Crippen molar-refractivity contribution in [1.29, 1.82) is 0 Å². The first-order valence-corrected chi connectivity index (χ1v) is 6.92. The molecule has 0 spiro atoms. The van der Waals surface area contributed by atoms with Gasteiger partial charge in [-0.1, -0.05) is 22.9 Å². The fourth-order valence-corrected chi connectivity index (χ4v) is 2.25. The van der Waals surface area contributed by atoms with Gasteiger partial charge in [0.25, 0.3) is 0 Å². The third-order valence-corrected chi connectivity index (χ3v) is 4.30. The third kappa shape index (κ3) is 3.96. The lowest BCUT2D eigenvalue weighted by Crippen LogP contribution is -2.44. The molecule has 0 aliphatic carbocycles. The lowest BCUT2D eigenvalue weighted by Gasteiger charge is -2.38. The van der Waals surface area contributed by atoms with Crippen LogP contribution in [-0.4, -0.2) is 35.0 Å². The molecule has 0 aromatic rings. The van der Waals surface area contributed by atoms with Gasteiger partial charge in [-0.3, -0.25) is 0 Å². The molecule has 0 aromatic carbocycles. The van der Waals surface area contributed by atoms with Gasteiger partial charge in [-0.25, -0.2) is 4.79 Å². The average Bonchev–Trinajstić information content (AvgIpc) is 2.16.